The minimum atomic E-state index is -3.83. The molecule has 1 fully saturated rings. The molecule has 2 aromatic carbocycles. The summed E-state index contributed by atoms with van der Waals surface area (Å²) < 4.78 is 44.4. The number of aryl methyl sites for hydroxylation is 1. The summed E-state index contributed by atoms with van der Waals surface area (Å²) >= 11 is 3.42. The van der Waals surface area contributed by atoms with E-state index in [2.05, 4.69) is 21.2 Å². The normalized spacial score (nSPS) is 14.9. The summed E-state index contributed by atoms with van der Waals surface area (Å²) in [5.41, 5.74) is 1.58. The van der Waals surface area contributed by atoms with Gasteiger partial charge in [0.25, 0.3) is 5.91 Å². The van der Waals surface area contributed by atoms with E-state index in [4.69, 9.17) is 14.2 Å². The number of benzene rings is 2. The third-order valence-corrected chi connectivity index (χ3v) is 7.49. The summed E-state index contributed by atoms with van der Waals surface area (Å²) in [4.78, 5) is 13.0. The number of rotatable bonds is 6. The number of carbonyl (C=O) groups excluding carboxylic acids is 1. The number of carbonyl (C=O) groups is 1. The number of amides is 1. The van der Waals surface area contributed by atoms with Crippen LogP contribution >= 0.6 is 15.9 Å². The molecule has 0 atom stereocenters. The zero-order valence-corrected chi connectivity index (χ0v) is 19.3. The maximum Gasteiger partial charge on any atom is 0.259 e. The first-order valence-corrected chi connectivity index (χ1v) is 11.4. The van der Waals surface area contributed by atoms with Gasteiger partial charge in [-0.2, -0.15) is 4.31 Å². The molecule has 1 saturated heterocycles. The second kappa shape index (κ2) is 9.34. The second-order valence-corrected chi connectivity index (χ2v) is 9.43. The predicted octanol–water partition coefficient (Wildman–Crippen LogP) is 3.05. The molecule has 0 aromatic heterocycles. The highest BCUT2D eigenvalue weighted by molar-refractivity contribution is 9.10. The SMILES string of the molecule is COc1cc(S(=O)(=O)N2CCOCC2)cc(C(=O)Nc2ccc(Br)c(C)c2)c1OC. The first-order chi connectivity index (χ1) is 14.3. The molecular formula is C20H23BrN2O6S. The van der Waals surface area contributed by atoms with Crippen LogP contribution in [0.1, 0.15) is 15.9 Å². The number of nitrogens with one attached hydrogen (secondary N) is 1. The van der Waals surface area contributed by atoms with Crippen LogP contribution in [0.4, 0.5) is 5.69 Å². The van der Waals surface area contributed by atoms with E-state index in [1.165, 1.54) is 30.7 Å². The molecule has 0 aliphatic carbocycles. The van der Waals surface area contributed by atoms with Crippen molar-refractivity contribution in [1.82, 2.24) is 4.31 Å². The van der Waals surface area contributed by atoms with Gasteiger partial charge in [0.05, 0.1) is 37.9 Å². The number of hydrogen-bond donors (Lipinski definition) is 1. The first kappa shape index (κ1) is 22.5. The summed E-state index contributed by atoms with van der Waals surface area (Å²) in [6, 6.07) is 8.05. The van der Waals surface area contributed by atoms with Gasteiger partial charge in [-0.15, -0.1) is 0 Å². The summed E-state index contributed by atoms with van der Waals surface area (Å²) in [6.07, 6.45) is 0. The van der Waals surface area contributed by atoms with Gasteiger partial charge in [-0.05, 0) is 36.8 Å². The van der Waals surface area contributed by atoms with Crippen molar-refractivity contribution in [2.45, 2.75) is 11.8 Å². The van der Waals surface area contributed by atoms with Crippen LogP contribution in [0.3, 0.4) is 0 Å². The molecular weight excluding hydrogens is 476 g/mol. The number of hydrogen-bond acceptors (Lipinski definition) is 6. The number of halogens is 1. The lowest BCUT2D eigenvalue weighted by atomic mass is 10.1. The molecule has 0 spiro atoms. The number of sulfonamides is 1. The molecule has 10 heteroatoms. The van der Waals surface area contributed by atoms with E-state index in [1.807, 2.05) is 13.0 Å². The largest absolute Gasteiger partial charge is 0.493 e. The molecule has 1 N–H and O–H groups in total. The molecule has 0 unspecified atom stereocenters. The second-order valence-electron chi connectivity index (χ2n) is 6.64. The Balaban J connectivity index is 2.02. The molecule has 0 radical (unpaired) electrons. The van der Waals surface area contributed by atoms with Crippen LogP contribution in [-0.4, -0.2) is 59.2 Å². The van der Waals surface area contributed by atoms with Crippen molar-refractivity contribution in [1.29, 1.82) is 0 Å². The average molecular weight is 499 g/mol. The standard InChI is InChI=1S/C20H23BrN2O6S/c1-13-10-14(4-5-17(13)21)22-20(24)16-11-15(12-18(27-2)19(16)28-3)30(25,26)23-6-8-29-9-7-23/h4-5,10-12H,6-9H2,1-3H3,(H,22,24). The molecule has 1 heterocycles. The van der Waals surface area contributed by atoms with E-state index < -0.39 is 15.9 Å². The van der Waals surface area contributed by atoms with Crippen LogP contribution in [0, 0.1) is 6.92 Å². The average Bonchev–Trinajstić information content (AvgIpc) is 2.75. The van der Waals surface area contributed by atoms with E-state index in [9.17, 15) is 13.2 Å². The Morgan fingerprint density at radius 3 is 2.43 bits per heavy atom. The highest BCUT2D eigenvalue weighted by atomic mass is 79.9. The molecule has 1 aliphatic rings. The Morgan fingerprint density at radius 2 is 1.83 bits per heavy atom. The van der Waals surface area contributed by atoms with Crippen molar-refractivity contribution >= 4 is 37.5 Å². The summed E-state index contributed by atoms with van der Waals surface area (Å²) in [5, 5.41) is 2.79. The smallest absolute Gasteiger partial charge is 0.259 e. The Morgan fingerprint density at radius 1 is 1.13 bits per heavy atom. The number of ether oxygens (including phenoxy) is 3. The van der Waals surface area contributed by atoms with Gasteiger partial charge in [0.1, 0.15) is 0 Å². The summed E-state index contributed by atoms with van der Waals surface area (Å²) in [6.45, 7) is 3.04. The molecule has 8 nitrogen and oxygen atoms in total. The molecule has 1 amide bonds. The summed E-state index contributed by atoms with van der Waals surface area (Å²) in [5.74, 6) is -0.195. The minimum absolute atomic E-state index is 0.0424. The third kappa shape index (κ3) is 4.61. The Kier molecular flexibility index (Phi) is 7.02. The highest BCUT2D eigenvalue weighted by Crippen LogP contribution is 2.36. The molecule has 30 heavy (non-hydrogen) atoms. The van der Waals surface area contributed by atoms with Gasteiger partial charge in [0.2, 0.25) is 10.0 Å². The van der Waals surface area contributed by atoms with E-state index in [0.717, 1.165) is 10.0 Å². The monoisotopic (exact) mass is 498 g/mol. The van der Waals surface area contributed by atoms with Gasteiger partial charge in [-0.25, -0.2) is 8.42 Å². The highest BCUT2D eigenvalue weighted by Gasteiger charge is 2.30. The maximum absolute atomic E-state index is 13.1. The van der Waals surface area contributed by atoms with Gasteiger partial charge < -0.3 is 19.5 Å². The molecule has 2 aromatic rings. The zero-order chi connectivity index (χ0) is 21.9. The van der Waals surface area contributed by atoms with Crippen molar-refractivity contribution in [2.75, 3.05) is 45.8 Å². The number of methoxy groups -OCH3 is 2. The van der Waals surface area contributed by atoms with Crippen LogP contribution in [0.5, 0.6) is 11.5 Å². The quantitative estimate of drug-likeness (QED) is 0.657. The molecule has 0 bridgehead atoms. The van der Waals surface area contributed by atoms with Gasteiger partial charge >= 0.3 is 0 Å². The van der Waals surface area contributed by atoms with Crippen molar-refractivity contribution in [3.63, 3.8) is 0 Å². The fourth-order valence-corrected chi connectivity index (χ4v) is 4.81. The summed E-state index contributed by atoms with van der Waals surface area (Å²) in [7, 11) is -1.04. The Labute approximate surface area is 184 Å². The predicted molar refractivity (Wildman–Crippen MR) is 116 cm³/mol. The Bertz CT molecular complexity index is 1050. The topological polar surface area (TPSA) is 94.2 Å². The van der Waals surface area contributed by atoms with Crippen LogP contribution in [0.2, 0.25) is 0 Å². The van der Waals surface area contributed by atoms with Gasteiger partial charge in [-0.3, -0.25) is 4.79 Å². The maximum atomic E-state index is 13.1. The lowest BCUT2D eigenvalue weighted by Gasteiger charge is -2.26. The van der Waals surface area contributed by atoms with Gasteiger partial charge in [-0.1, -0.05) is 15.9 Å². The van der Waals surface area contributed by atoms with E-state index in [0.29, 0.717) is 18.9 Å². The van der Waals surface area contributed by atoms with Crippen LogP contribution < -0.4 is 14.8 Å². The Hall–Kier alpha value is -2.14. The van der Waals surface area contributed by atoms with Crippen LogP contribution in [0.15, 0.2) is 39.7 Å². The van der Waals surface area contributed by atoms with E-state index in [-0.39, 0.29) is 35.0 Å². The minimum Gasteiger partial charge on any atom is -0.493 e. The van der Waals surface area contributed by atoms with Gasteiger partial charge in [0, 0.05) is 29.3 Å². The molecule has 1 aliphatic heterocycles. The lowest BCUT2D eigenvalue weighted by Crippen LogP contribution is -2.40. The first-order valence-electron chi connectivity index (χ1n) is 9.19. The van der Waals surface area contributed by atoms with E-state index in [1.54, 1.807) is 12.1 Å². The number of anilines is 1. The van der Waals surface area contributed by atoms with Crippen molar-refractivity contribution in [3.05, 3.63) is 45.9 Å². The molecule has 3 rings (SSSR count). The van der Waals surface area contributed by atoms with Crippen LogP contribution in [0.25, 0.3) is 0 Å². The fraction of sp³-hybridized carbons (Fsp3) is 0.350. The lowest BCUT2D eigenvalue weighted by molar-refractivity contribution is 0.0730. The van der Waals surface area contributed by atoms with Crippen molar-refractivity contribution in [2.24, 2.45) is 0 Å². The number of morpholine rings is 1. The number of nitrogens with zero attached hydrogens (tertiary/aromatic N) is 1. The van der Waals surface area contributed by atoms with Crippen molar-refractivity contribution < 1.29 is 27.4 Å². The van der Waals surface area contributed by atoms with E-state index >= 15 is 0 Å². The molecule has 162 valence electrons. The van der Waals surface area contributed by atoms with Gasteiger partial charge in [0.15, 0.2) is 11.5 Å². The zero-order valence-electron chi connectivity index (χ0n) is 16.9. The third-order valence-electron chi connectivity index (χ3n) is 4.72. The molecule has 0 saturated carbocycles. The van der Waals surface area contributed by atoms with Crippen LogP contribution in [-0.2, 0) is 14.8 Å². The van der Waals surface area contributed by atoms with Crippen molar-refractivity contribution in [3.8, 4) is 11.5 Å². The fourth-order valence-electron chi connectivity index (χ4n) is 3.11.